The van der Waals surface area contributed by atoms with Gasteiger partial charge in [0.05, 0.1) is 5.56 Å². The zero-order valence-corrected chi connectivity index (χ0v) is 14.8. The summed E-state index contributed by atoms with van der Waals surface area (Å²) in [7, 11) is 0. The molecule has 0 aliphatic carbocycles. The number of carbonyl (C=O) groups excluding carboxylic acids is 1. The normalized spacial score (nSPS) is 10.7. The van der Waals surface area contributed by atoms with Gasteiger partial charge in [-0.15, -0.1) is 0 Å². The molecular weight excluding hydrogens is 358 g/mol. The molecule has 3 aromatic rings. The molecule has 0 atom stereocenters. The lowest BCUT2D eigenvalue weighted by Crippen LogP contribution is -2.00. The molecule has 0 saturated heterocycles. The van der Waals surface area contributed by atoms with Gasteiger partial charge in [0.15, 0.2) is 5.78 Å². The van der Waals surface area contributed by atoms with Crippen LogP contribution in [0.4, 0.5) is 0 Å². The Labute approximate surface area is 161 Å². The molecule has 0 aliphatic heterocycles. The van der Waals surface area contributed by atoms with Crippen molar-refractivity contribution < 1.29 is 24.5 Å². The van der Waals surface area contributed by atoms with Gasteiger partial charge in [0, 0.05) is 23.4 Å². The number of aromatic carboxylic acids is 1. The molecule has 0 unspecified atom stereocenters. The zero-order valence-electron chi connectivity index (χ0n) is 14.8. The van der Waals surface area contributed by atoms with Crippen molar-refractivity contribution in [3.63, 3.8) is 0 Å². The number of ether oxygens (including phenoxy) is 1. The maximum absolute atomic E-state index is 12.3. The van der Waals surface area contributed by atoms with Crippen molar-refractivity contribution in [3.8, 4) is 11.6 Å². The van der Waals surface area contributed by atoms with E-state index in [1.165, 1.54) is 36.5 Å². The van der Waals surface area contributed by atoms with Crippen molar-refractivity contribution in [1.29, 1.82) is 0 Å². The highest BCUT2D eigenvalue weighted by molar-refractivity contribution is 6.06. The van der Waals surface area contributed by atoms with Gasteiger partial charge in [-0.25, -0.2) is 9.78 Å². The molecule has 6 nitrogen and oxygen atoms in total. The second kappa shape index (κ2) is 8.64. The molecule has 140 valence electrons. The van der Waals surface area contributed by atoms with Crippen molar-refractivity contribution in [2.75, 3.05) is 0 Å². The Hall–Kier alpha value is -3.93. The number of hydrogen-bond acceptors (Lipinski definition) is 5. The van der Waals surface area contributed by atoms with E-state index >= 15 is 0 Å². The number of phenolic OH excluding ortho intramolecular Hbond substituents is 1. The lowest BCUT2D eigenvalue weighted by atomic mass is 10.1. The van der Waals surface area contributed by atoms with Crippen LogP contribution >= 0.6 is 0 Å². The number of pyridine rings is 1. The van der Waals surface area contributed by atoms with Crippen LogP contribution in [-0.2, 0) is 6.61 Å². The monoisotopic (exact) mass is 375 g/mol. The largest absolute Gasteiger partial charge is 0.507 e. The fourth-order valence-corrected chi connectivity index (χ4v) is 2.43. The zero-order chi connectivity index (χ0) is 19.9. The number of benzene rings is 2. The van der Waals surface area contributed by atoms with Gasteiger partial charge < -0.3 is 14.9 Å². The molecule has 28 heavy (non-hydrogen) atoms. The number of allylic oxidation sites excluding steroid dienone is 1. The number of aromatic hydroxyl groups is 1. The van der Waals surface area contributed by atoms with E-state index in [0.29, 0.717) is 18.1 Å². The molecule has 0 saturated carbocycles. The van der Waals surface area contributed by atoms with Crippen LogP contribution in [0, 0.1) is 0 Å². The summed E-state index contributed by atoms with van der Waals surface area (Å²) < 4.78 is 5.58. The number of carboxylic acid groups (broad SMARTS) is 1. The van der Waals surface area contributed by atoms with Crippen LogP contribution in [-0.4, -0.2) is 26.9 Å². The molecule has 0 radical (unpaired) electrons. The number of nitrogens with zero attached hydrogens (tertiary/aromatic N) is 1. The number of rotatable bonds is 7. The third-order valence-corrected chi connectivity index (χ3v) is 3.94. The Bertz CT molecular complexity index is 1010. The fourth-order valence-electron chi connectivity index (χ4n) is 2.43. The third kappa shape index (κ3) is 4.82. The lowest BCUT2D eigenvalue weighted by molar-refractivity contribution is 0.0696. The number of carboxylic acids is 1. The number of phenols is 1. The maximum Gasteiger partial charge on any atom is 0.335 e. The summed E-state index contributed by atoms with van der Waals surface area (Å²) in [6.45, 7) is 0.375. The van der Waals surface area contributed by atoms with E-state index < -0.39 is 5.97 Å². The second-order valence-corrected chi connectivity index (χ2v) is 5.94. The molecule has 0 fully saturated rings. The molecule has 0 bridgehead atoms. The summed E-state index contributed by atoms with van der Waals surface area (Å²) in [5, 5.41) is 18.8. The summed E-state index contributed by atoms with van der Waals surface area (Å²) in [4.78, 5) is 27.4. The SMILES string of the molecule is O=C(O)c1ccc(O)c(C=CC(=O)c2ccc(OCc3ccccc3)nc2)c1. The summed E-state index contributed by atoms with van der Waals surface area (Å²) in [5.41, 5.74) is 1.61. The maximum atomic E-state index is 12.3. The first kappa shape index (κ1) is 18.8. The smallest absolute Gasteiger partial charge is 0.335 e. The van der Waals surface area contributed by atoms with E-state index in [2.05, 4.69) is 4.98 Å². The van der Waals surface area contributed by atoms with Crippen molar-refractivity contribution in [2.45, 2.75) is 6.61 Å². The second-order valence-electron chi connectivity index (χ2n) is 5.94. The van der Waals surface area contributed by atoms with Crippen LogP contribution in [0.2, 0.25) is 0 Å². The standard InChI is InChI=1S/C22H17NO5/c24-19-10-7-17(22(26)27)12-16(19)6-9-20(25)18-8-11-21(23-13-18)28-14-15-4-2-1-3-5-15/h1-13,24H,14H2,(H,26,27). The van der Waals surface area contributed by atoms with Gasteiger partial charge in [-0.05, 0) is 42.0 Å². The molecule has 1 heterocycles. The van der Waals surface area contributed by atoms with Gasteiger partial charge >= 0.3 is 5.97 Å². The lowest BCUT2D eigenvalue weighted by Gasteiger charge is -2.05. The first-order chi connectivity index (χ1) is 13.5. The molecule has 3 rings (SSSR count). The van der Waals surface area contributed by atoms with Crippen LogP contribution < -0.4 is 4.74 Å². The quantitative estimate of drug-likeness (QED) is 0.479. The van der Waals surface area contributed by atoms with Gasteiger partial charge in [-0.2, -0.15) is 0 Å². The molecule has 0 aliphatic rings. The minimum atomic E-state index is -1.11. The minimum absolute atomic E-state index is 0.0199. The van der Waals surface area contributed by atoms with Crippen molar-refractivity contribution in [1.82, 2.24) is 4.98 Å². The van der Waals surface area contributed by atoms with Gasteiger partial charge in [0.2, 0.25) is 5.88 Å². The summed E-state index contributed by atoms with van der Waals surface area (Å²) in [6, 6.07) is 16.7. The van der Waals surface area contributed by atoms with E-state index in [9.17, 15) is 14.7 Å². The highest BCUT2D eigenvalue weighted by Gasteiger charge is 2.08. The van der Waals surface area contributed by atoms with E-state index in [0.717, 1.165) is 5.56 Å². The first-order valence-corrected chi connectivity index (χ1v) is 8.44. The van der Waals surface area contributed by atoms with Gasteiger partial charge in [-0.3, -0.25) is 4.79 Å². The summed E-state index contributed by atoms with van der Waals surface area (Å²) >= 11 is 0. The van der Waals surface area contributed by atoms with E-state index in [1.54, 1.807) is 12.1 Å². The third-order valence-electron chi connectivity index (χ3n) is 3.94. The molecule has 0 amide bonds. The number of hydrogen-bond donors (Lipinski definition) is 2. The average molecular weight is 375 g/mol. The average Bonchev–Trinajstić information content (AvgIpc) is 2.72. The van der Waals surface area contributed by atoms with E-state index in [1.807, 2.05) is 30.3 Å². The highest BCUT2D eigenvalue weighted by atomic mass is 16.5. The Balaban J connectivity index is 1.65. The minimum Gasteiger partial charge on any atom is -0.507 e. The van der Waals surface area contributed by atoms with Crippen LogP contribution in [0.15, 0.2) is 72.9 Å². The fraction of sp³-hybridized carbons (Fsp3) is 0.0455. The number of aromatic nitrogens is 1. The van der Waals surface area contributed by atoms with E-state index in [4.69, 9.17) is 9.84 Å². The van der Waals surface area contributed by atoms with Gasteiger partial charge in [0.1, 0.15) is 12.4 Å². The van der Waals surface area contributed by atoms with Gasteiger partial charge in [-0.1, -0.05) is 30.3 Å². The topological polar surface area (TPSA) is 96.7 Å². The number of carbonyl (C=O) groups is 2. The number of ketones is 1. The summed E-state index contributed by atoms with van der Waals surface area (Å²) in [6.07, 6.45) is 4.02. The molecule has 2 N–H and O–H groups in total. The van der Waals surface area contributed by atoms with Crippen LogP contribution in [0.3, 0.4) is 0 Å². The predicted molar refractivity (Wildman–Crippen MR) is 103 cm³/mol. The van der Waals surface area contributed by atoms with E-state index in [-0.39, 0.29) is 22.7 Å². The Kier molecular flexibility index (Phi) is 5.81. The van der Waals surface area contributed by atoms with Crippen molar-refractivity contribution >= 4 is 17.8 Å². The van der Waals surface area contributed by atoms with Crippen molar-refractivity contribution in [3.05, 3.63) is 95.2 Å². The van der Waals surface area contributed by atoms with Crippen LogP contribution in [0.5, 0.6) is 11.6 Å². The molecule has 1 aromatic heterocycles. The molecular formula is C22H17NO5. The molecule has 2 aromatic carbocycles. The summed E-state index contributed by atoms with van der Waals surface area (Å²) in [5.74, 6) is -1.16. The van der Waals surface area contributed by atoms with Crippen molar-refractivity contribution in [2.24, 2.45) is 0 Å². The Morgan fingerprint density at radius 2 is 1.75 bits per heavy atom. The Morgan fingerprint density at radius 3 is 2.43 bits per heavy atom. The first-order valence-electron chi connectivity index (χ1n) is 8.44. The van der Waals surface area contributed by atoms with Crippen LogP contribution in [0.1, 0.15) is 31.8 Å². The highest BCUT2D eigenvalue weighted by Crippen LogP contribution is 2.20. The Morgan fingerprint density at radius 1 is 1.00 bits per heavy atom. The van der Waals surface area contributed by atoms with Gasteiger partial charge in [0.25, 0.3) is 0 Å². The predicted octanol–water partition coefficient (Wildman–Crippen LogP) is 3.96. The molecule has 6 heteroatoms. The molecule has 0 spiro atoms. The van der Waals surface area contributed by atoms with Crippen LogP contribution in [0.25, 0.3) is 6.08 Å².